The zero-order valence-corrected chi connectivity index (χ0v) is 13.2. The minimum Gasteiger partial charge on any atom is -0.326 e. The van der Waals surface area contributed by atoms with Crippen molar-refractivity contribution in [3.8, 4) is 0 Å². The van der Waals surface area contributed by atoms with Crippen LogP contribution in [0, 0.1) is 0 Å². The molecular formula is C15H13Cl2N3O2. The average Bonchev–Trinajstić information content (AvgIpc) is 2.50. The summed E-state index contributed by atoms with van der Waals surface area (Å²) in [5.41, 5.74) is 1.16. The van der Waals surface area contributed by atoms with Gasteiger partial charge in [-0.15, -0.1) is 0 Å². The lowest BCUT2D eigenvalue weighted by Crippen LogP contribution is -2.14. The Bertz CT molecular complexity index is 720. The molecule has 2 N–H and O–H groups in total. The summed E-state index contributed by atoms with van der Waals surface area (Å²) in [4.78, 5) is 27.5. The van der Waals surface area contributed by atoms with Gasteiger partial charge in [0.1, 0.15) is 5.15 Å². The van der Waals surface area contributed by atoms with Crippen LogP contribution in [-0.2, 0) is 4.79 Å². The van der Waals surface area contributed by atoms with Crippen molar-refractivity contribution in [3.05, 3.63) is 52.3 Å². The van der Waals surface area contributed by atoms with Gasteiger partial charge < -0.3 is 10.6 Å². The maximum absolute atomic E-state index is 12.2. The Labute approximate surface area is 137 Å². The van der Waals surface area contributed by atoms with E-state index < -0.39 is 5.91 Å². The number of hydrogen-bond acceptors (Lipinski definition) is 3. The van der Waals surface area contributed by atoms with E-state index in [4.69, 9.17) is 23.2 Å². The average molecular weight is 338 g/mol. The number of halogens is 2. The summed E-state index contributed by atoms with van der Waals surface area (Å²) >= 11 is 11.9. The Morgan fingerprint density at radius 2 is 1.95 bits per heavy atom. The van der Waals surface area contributed by atoms with Crippen LogP contribution in [0.3, 0.4) is 0 Å². The molecule has 0 aliphatic heterocycles. The number of carbonyl (C=O) groups is 2. The summed E-state index contributed by atoms with van der Waals surface area (Å²) in [6.07, 6.45) is 1.85. The lowest BCUT2D eigenvalue weighted by atomic mass is 10.2. The number of carbonyl (C=O) groups excluding carboxylic acids is 2. The third-order valence-electron chi connectivity index (χ3n) is 2.82. The summed E-state index contributed by atoms with van der Waals surface area (Å²) in [6, 6.07) is 8.00. The Kier molecular flexibility index (Phi) is 5.35. The van der Waals surface area contributed by atoms with E-state index in [1.54, 1.807) is 37.3 Å². The second kappa shape index (κ2) is 7.24. The van der Waals surface area contributed by atoms with Crippen molar-refractivity contribution in [1.29, 1.82) is 0 Å². The molecule has 0 spiro atoms. The third-order valence-corrected chi connectivity index (χ3v) is 3.45. The molecule has 22 heavy (non-hydrogen) atoms. The molecule has 1 aromatic heterocycles. The highest BCUT2D eigenvalue weighted by atomic mass is 35.5. The van der Waals surface area contributed by atoms with Crippen LogP contribution in [0.25, 0.3) is 0 Å². The van der Waals surface area contributed by atoms with E-state index in [9.17, 15) is 9.59 Å². The predicted octanol–water partition coefficient (Wildman–Crippen LogP) is 3.99. The number of nitrogens with zero attached hydrogens (tertiary/aromatic N) is 1. The van der Waals surface area contributed by atoms with Crippen molar-refractivity contribution in [2.45, 2.75) is 13.3 Å². The first kappa shape index (κ1) is 16.3. The first-order valence-electron chi connectivity index (χ1n) is 6.52. The monoisotopic (exact) mass is 337 g/mol. The van der Waals surface area contributed by atoms with Crippen molar-refractivity contribution >= 4 is 46.4 Å². The standard InChI is InChI=1S/C15H13Cl2N3O2/c1-2-13(21)19-9-5-6-11(16)12(8-9)20-15(22)10-4-3-7-18-14(10)17/h3-8H,2H2,1H3,(H,19,21)(H,20,22). The predicted molar refractivity (Wildman–Crippen MR) is 87.6 cm³/mol. The molecule has 1 aromatic carbocycles. The van der Waals surface area contributed by atoms with Gasteiger partial charge in [-0.05, 0) is 30.3 Å². The largest absolute Gasteiger partial charge is 0.326 e. The van der Waals surface area contributed by atoms with Crippen LogP contribution in [0.2, 0.25) is 10.2 Å². The zero-order chi connectivity index (χ0) is 16.1. The SMILES string of the molecule is CCC(=O)Nc1ccc(Cl)c(NC(=O)c2cccnc2Cl)c1. The first-order chi connectivity index (χ1) is 10.5. The second-order valence-corrected chi connectivity index (χ2v) is 5.16. The summed E-state index contributed by atoms with van der Waals surface area (Å²) < 4.78 is 0. The van der Waals surface area contributed by atoms with Crippen molar-refractivity contribution in [1.82, 2.24) is 4.98 Å². The number of benzene rings is 1. The van der Waals surface area contributed by atoms with E-state index in [-0.39, 0.29) is 16.6 Å². The maximum atomic E-state index is 12.2. The molecule has 0 aliphatic carbocycles. The van der Waals surface area contributed by atoms with Crippen LogP contribution in [-0.4, -0.2) is 16.8 Å². The number of nitrogens with one attached hydrogen (secondary N) is 2. The van der Waals surface area contributed by atoms with Crippen molar-refractivity contribution in [2.75, 3.05) is 10.6 Å². The van der Waals surface area contributed by atoms with Gasteiger partial charge in [0, 0.05) is 18.3 Å². The van der Waals surface area contributed by atoms with Gasteiger partial charge >= 0.3 is 0 Å². The molecule has 0 fully saturated rings. The molecule has 0 saturated heterocycles. The van der Waals surface area contributed by atoms with Crippen molar-refractivity contribution < 1.29 is 9.59 Å². The quantitative estimate of drug-likeness (QED) is 0.828. The van der Waals surface area contributed by atoms with E-state index in [0.29, 0.717) is 22.8 Å². The zero-order valence-electron chi connectivity index (χ0n) is 11.7. The molecule has 0 radical (unpaired) electrons. The van der Waals surface area contributed by atoms with Crippen LogP contribution < -0.4 is 10.6 Å². The molecule has 2 rings (SSSR count). The van der Waals surface area contributed by atoms with Crippen LogP contribution in [0.15, 0.2) is 36.5 Å². The van der Waals surface area contributed by atoms with Gasteiger partial charge in [0.05, 0.1) is 16.3 Å². The number of amides is 2. The topological polar surface area (TPSA) is 71.1 Å². The summed E-state index contributed by atoms with van der Waals surface area (Å²) in [7, 11) is 0. The number of pyridine rings is 1. The highest BCUT2D eigenvalue weighted by molar-refractivity contribution is 6.35. The lowest BCUT2D eigenvalue weighted by Gasteiger charge is -2.10. The Hall–Kier alpha value is -2.11. The van der Waals surface area contributed by atoms with Crippen molar-refractivity contribution in [2.24, 2.45) is 0 Å². The van der Waals surface area contributed by atoms with Crippen LogP contribution >= 0.6 is 23.2 Å². The third kappa shape index (κ3) is 3.96. The Balaban J connectivity index is 2.22. The highest BCUT2D eigenvalue weighted by Gasteiger charge is 2.13. The van der Waals surface area contributed by atoms with Gasteiger partial charge in [-0.3, -0.25) is 9.59 Å². The van der Waals surface area contributed by atoms with Gasteiger partial charge in [0.15, 0.2) is 0 Å². The molecule has 0 saturated carbocycles. The van der Waals surface area contributed by atoms with Crippen LogP contribution in [0.1, 0.15) is 23.7 Å². The molecule has 0 bridgehead atoms. The summed E-state index contributed by atoms with van der Waals surface area (Å²) in [5, 5.41) is 5.80. The number of aromatic nitrogens is 1. The smallest absolute Gasteiger partial charge is 0.258 e. The van der Waals surface area contributed by atoms with Gasteiger partial charge in [-0.25, -0.2) is 4.98 Å². The fourth-order valence-electron chi connectivity index (χ4n) is 1.69. The molecule has 1 heterocycles. The summed E-state index contributed by atoms with van der Waals surface area (Å²) in [5.74, 6) is -0.561. The first-order valence-corrected chi connectivity index (χ1v) is 7.28. The molecule has 0 atom stereocenters. The molecule has 114 valence electrons. The highest BCUT2D eigenvalue weighted by Crippen LogP contribution is 2.26. The normalized spacial score (nSPS) is 10.1. The minimum absolute atomic E-state index is 0.103. The Morgan fingerprint density at radius 3 is 2.64 bits per heavy atom. The number of anilines is 2. The van der Waals surface area contributed by atoms with Gasteiger partial charge in [0.2, 0.25) is 5.91 Å². The fourth-order valence-corrected chi connectivity index (χ4v) is 2.06. The minimum atomic E-state index is -0.432. The molecule has 2 aromatic rings. The van der Waals surface area contributed by atoms with Crippen LogP contribution in [0.4, 0.5) is 11.4 Å². The Morgan fingerprint density at radius 1 is 1.18 bits per heavy atom. The molecule has 5 nitrogen and oxygen atoms in total. The van der Waals surface area contributed by atoms with Gasteiger partial charge in [-0.1, -0.05) is 30.1 Å². The number of hydrogen-bond donors (Lipinski definition) is 2. The summed E-state index contributed by atoms with van der Waals surface area (Å²) in [6.45, 7) is 1.75. The van der Waals surface area contributed by atoms with E-state index in [1.165, 1.54) is 6.20 Å². The van der Waals surface area contributed by atoms with Crippen molar-refractivity contribution in [3.63, 3.8) is 0 Å². The van der Waals surface area contributed by atoms with E-state index >= 15 is 0 Å². The molecule has 0 aliphatic rings. The van der Waals surface area contributed by atoms with Crippen LogP contribution in [0.5, 0.6) is 0 Å². The van der Waals surface area contributed by atoms with Gasteiger partial charge in [-0.2, -0.15) is 0 Å². The molecular weight excluding hydrogens is 325 g/mol. The second-order valence-electron chi connectivity index (χ2n) is 4.39. The van der Waals surface area contributed by atoms with E-state index in [2.05, 4.69) is 15.6 Å². The fraction of sp³-hybridized carbons (Fsp3) is 0.133. The van der Waals surface area contributed by atoms with E-state index in [0.717, 1.165) is 0 Å². The number of rotatable bonds is 4. The molecule has 2 amide bonds. The molecule has 0 unspecified atom stereocenters. The van der Waals surface area contributed by atoms with Gasteiger partial charge in [0.25, 0.3) is 5.91 Å². The lowest BCUT2D eigenvalue weighted by molar-refractivity contribution is -0.115. The maximum Gasteiger partial charge on any atom is 0.258 e. The molecule has 7 heteroatoms. The van der Waals surface area contributed by atoms with E-state index in [1.807, 2.05) is 0 Å².